The highest BCUT2D eigenvalue weighted by atomic mass is 19.4. The number of hydrogen-bond donors (Lipinski definition) is 2. The van der Waals surface area contributed by atoms with Crippen LogP contribution < -0.4 is 9.96 Å². The first-order valence-electron chi connectivity index (χ1n) is 10.4. The highest BCUT2D eigenvalue weighted by Crippen LogP contribution is 2.29. The third-order valence-electron chi connectivity index (χ3n) is 5.36. The van der Waals surface area contributed by atoms with Crippen molar-refractivity contribution in [1.29, 1.82) is 5.26 Å². The maximum atomic E-state index is 13.1. The maximum Gasteiger partial charge on any atom is 0.451 e. The van der Waals surface area contributed by atoms with Gasteiger partial charge in [-0.1, -0.05) is 12.1 Å². The molecular formula is C21H18BF3N7O3. The first kappa shape index (κ1) is 24.2. The van der Waals surface area contributed by atoms with Crippen molar-refractivity contribution < 1.29 is 27.7 Å². The maximum absolute atomic E-state index is 13.1. The first-order valence-corrected chi connectivity index (χ1v) is 10.4. The molecule has 0 saturated carbocycles. The SMILES string of the molecule is N#Cc1cccnc1Oc1ccc(CC(N[B]O)C(=O)N2CCn3c(nnc3C(F)(F)F)C2)cc1. The van der Waals surface area contributed by atoms with Crippen LogP contribution in [0, 0.1) is 11.3 Å². The number of halogens is 3. The monoisotopic (exact) mass is 484 g/mol. The van der Waals surface area contributed by atoms with Crippen molar-refractivity contribution in [3.05, 3.63) is 65.4 Å². The lowest BCUT2D eigenvalue weighted by Crippen LogP contribution is -2.51. The summed E-state index contributed by atoms with van der Waals surface area (Å²) < 4.78 is 45.8. The van der Waals surface area contributed by atoms with Crippen molar-refractivity contribution in [2.24, 2.45) is 0 Å². The zero-order valence-electron chi connectivity index (χ0n) is 18.1. The van der Waals surface area contributed by atoms with Gasteiger partial charge in [-0.05, 0) is 36.2 Å². The van der Waals surface area contributed by atoms with Crippen LogP contribution in [-0.2, 0) is 30.5 Å². The molecule has 10 nitrogen and oxygen atoms in total. The molecule has 1 amide bonds. The quantitative estimate of drug-likeness (QED) is 0.482. The second kappa shape index (κ2) is 10.1. The van der Waals surface area contributed by atoms with Gasteiger partial charge in [-0.2, -0.15) is 18.4 Å². The number of nitrogens with zero attached hydrogens (tertiary/aromatic N) is 6. The molecule has 0 aliphatic carbocycles. The van der Waals surface area contributed by atoms with Crippen LogP contribution in [0.15, 0.2) is 42.6 Å². The van der Waals surface area contributed by atoms with Crippen LogP contribution in [0.4, 0.5) is 13.2 Å². The molecule has 1 unspecified atom stereocenters. The molecule has 1 aromatic carbocycles. The van der Waals surface area contributed by atoms with E-state index in [1.54, 1.807) is 36.4 Å². The lowest BCUT2D eigenvalue weighted by Gasteiger charge is -2.31. The Kier molecular flexibility index (Phi) is 6.99. The van der Waals surface area contributed by atoms with Gasteiger partial charge in [0.05, 0.1) is 12.6 Å². The summed E-state index contributed by atoms with van der Waals surface area (Å²) in [5.41, 5.74) is 1.01. The van der Waals surface area contributed by atoms with E-state index in [-0.39, 0.29) is 43.3 Å². The number of pyridine rings is 1. The fraction of sp³-hybridized carbons (Fsp3) is 0.286. The summed E-state index contributed by atoms with van der Waals surface area (Å²) in [4.78, 5) is 18.5. The van der Waals surface area contributed by atoms with Crippen molar-refractivity contribution >= 4 is 13.5 Å². The van der Waals surface area contributed by atoms with Gasteiger partial charge in [0.15, 0.2) is 5.82 Å². The van der Waals surface area contributed by atoms with Crippen LogP contribution in [0.25, 0.3) is 0 Å². The molecule has 0 fully saturated rings. The van der Waals surface area contributed by atoms with Gasteiger partial charge in [-0.25, -0.2) is 4.98 Å². The van der Waals surface area contributed by atoms with E-state index in [1.165, 1.54) is 11.1 Å². The summed E-state index contributed by atoms with van der Waals surface area (Å²) in [5.74, 6) is -0.863. The summed E-state index contributed by atoms with van der Waals surface area (Å²) in [5, 5.41) is 27.8. The first-order chi connectivity index (χ1) is 16.8. The average molecular weight is 484 g/mol. The van der Waals surface area contributed by atoms with E-state index < -0.39 is 23.9 Å². The lowest BCUT2D eigenvalue weighted by molar-refractivity contribution is -0.148. The van der Waals surface area contributed by atoms with E-state index in [4.69, 9.17) is 10.00 Å². The Morgan fingerprint density at radius 2 is 2.03 bits per heavy atom. The molecular weight excluding hydrogens is 466 g/mol. The van der Waals surface area contributed by atoms with Crippen LogP contribution in [0.2, 0.25) is 0 Å². The minimum absolute atomic E-state index is 0.0364. The van der Waals surface area contributed by atoms with Gasteiger partial charge in [0.2, 0.25) is 17.6 Å². The fourth-order valence-corrected chi connectivity index (χ4v) is 3.68. The topological polar surface area (TPSA) is 129 Å². The highest BCUT2D eigenvalue weighted by molar-refractivity contribution is 6.22. The minimum atomic E-state index is -4.63. The normalized spacial score (nSPS) is 14.1. The van der Waals surface area contributed by atoms with Crippen molar-refractivity contribution in [3.8, 4) is 17.7 Å². The third-order valence-corrected chi connectivity index (χ3v) is 5.36. The molecule has 179 valence electrons. The van der Waals surface area contributed by atoms with Gasteiger partial charge < -0.3 is 24.5 Å². The molecule has 4 rings (SSSR count). The Morgan fingerprint density at radius 3 is 2.71 bits per heavy atom. The van der Waals surface area contributed by atoms with E-state index in [0.717, 1.165) is 10.1 Å². The standard InChI is InChI=1S/C21H18BF3N7O3/c23-21(24,25)20-30-29-17-12-31(8-9-32(17)20)19(33)16(28-22-34)10-13-3-5-15(6-4-13)35-18-14(11-26)2-1-7-27-18/h1-7,16,28,34H,8-10,12H2. The van der Waals surface area contributed by atoms with E-state index in [0.29, 0.717) is 13.4 Å². The van der Waals surface area contributed by atoms with Gasteiger partial charge in [0.1, 0.15) is 17.4 Å². The van der Waals surface area contributed by atoms with Crippen molar-refractivity contribution in [3.63, 3.8) is 0 Å². The van der Waals surface area contributed by atoms with E-state index in [2.05, 4.69) is 20.4 Å². The number of alkyl halides is 3. The molecule has 3 aromatic rings. The summed E-state index contributed by atoms with van der Waals surface area (Å²) in [6, 6.07) is 11.1. The van der Waals surface area contributed by atoms with Crippen LogP contribution in [0.5, 0.6) is 11.6 Å². The number of aromatic nitrogens is 4. The number of amides is 1. The number of rotatable bonds is 7. The molecule has 1 atom stereocenters. The van der Waals surface area contributed by atoms with Crippen molar-refractivity contribution in [2.75, 3.05) is 6.54 Å². The predicted octanol–water partition coefficient (Wildman–Crippen LogP) is 1.43. The lowest BCUT2D eigenvalue weighted by atomic mass is 10.0. The fourth-order valence-electron chi connectivity index (χ4n) is 3.68. The number of carbonyl (C=O) groups excluding carboxylic acids is 1. The minimum Gasteiger partial charge on any atom is -0.440 e. The van der Waals surface area contributed by atoms with E-state index in [1.807, 2.05) is 6.07 Å². The Bertz CT molecular complexity index is 1240. The number of carbonyl (C=O) groups is 1. The largest absolute Gasteiger partial charge is 0.451 e. The number of nitrogens with one attached hydrogen (secondary N) is 1. The molecule has 0 bridgehead atoms. The summed E-state index contributed by atoms with van der Waals surface area (Å²) in [6.07, 6.45) is -2.94. The molecule has 1 radical (unpaired) electrons. The van der Waals surface area contributed by atoms with Crippen molar-refractivity contribution in [2.45, 2.75) is 31.7 Å². The van der Waals surface area contributed by atoms with Crippen LogP contribution in [0.3, 0.4) is 0 Å². The Balaban J connectivity index is 1.43. The zero-order valence-corrected chi connectivity index (χ0v) is 18.1. The Morgan fingerprint density at radius 1 is 1.26 bits per heavy atom. The number of hydrogen-bond acceptors (Lipinski definition) is 8. The van der Waals surface area contributed by atoms with Crippen LogP contribution in [0.1, 0.15) is 22.8 Å². The van der Waals surface area contributed by atoms with Crippen molar-refractivity contribution in [1.82, 2.24) is 29.9 Å². The predicted molar refractivity (Wildman–Crippen MR) is 115 cm³/mol. The number of nitriles is 1. The number of ether oxygens (including phenoxy) is 1. The summed E-state index contributed by atoms with van der Waals surface area (Å²) in [7, 11) is 0.652. The molecule has 1 aliphatic rings. The molecule has 3 heterocycles. The molecule has 0 saturated heterocycles. The summed E-state index contributed by atoms with van der Waals surface area (Å²) >= 11 is 0. The van der Waals surface area contributed by atoms with E-state index in [9.17, 15) is 23.0 Å². The second-order valence-electron chi connectivity index (χ2n) is 7.62. The second-order valence-corrected chi connectivity index (χ2v) is 7.62. The molecule has 2 N–H and O–H groups in total. The van der Waals surface area contributed by atoms with Gasteiger partial charge >= 0.3 is 13.8 Å². The van der Waals surface area contributed by atoms with Gasteiger partial charge in [-0.3, -0.25) is 4.79 Å². The molecule has 2 aromatic heterocycles. The Hall–Kier alpha value is -3.96. The highest BCUT2D eigenvalue weighted by Gasteiger charge is 2.40. The third kappa shape index (κ3) is 5.42. The molecule has 0 spiro atoms. The smallest absolute Gasteiger partial charge is 0.440 e. The molecule has 35 heavy (non-hydrogen) atoms. The van der Waals surface area contributed by atoms with E-state index >= 15 is 0 Å². The van der Waals surface area contributed by atoms with Gasteiger partial charge in [0.25, 0.3) is 0 Å². The number of benzene rings is 1. The zero-order chi connectivity index (χ0) is 25.0. The van der Waals surface area contributed by atoms with Gasteiger partial charge in [0, 0.05) is 19.3 Å². The molecule has 1 aliphatic heterocycles. The van der Waals surface area contributed by atoms with Gasteiger partial charge in [-0.15, -0.1) is 10.2 Å². The molecule has 14 heteroatoms. The van der Waals surface area contributed by atoms with Crippen LogP contribution >= 0.6 is 0 Å². The van der Waals surface area contributed by atoms with Crippen LogP contribution in [-0.4, -0.2) is 55.8 Å². The summed E-state index contributed by atoms with van der Waals surface area (Å²) in [6.45, 7) is -0.193. The Labute approximate surface area is 198 Å². The average Bonchev–Trinajstić information content (AvgIpc) is 3.29. The number of fused-ring (bicyclic) bond motifs is 1.